The van der Waals surface area contributed by atoms with Gasteiger partial charge in [-0.1, -0.05) is 43.7 Å². The predicted octanol–water partition coefficient (Wildman–Crippen LogP) is 3.33. The zero-order chi connectivity index (χ0) is 17.7. The molecule has 2 aliphatic heterocycles. The van der Waals surface area contributed by atoms with E-state index in [2.05, 4.69) is 24.4 Å². The van der Waals surface area contributed by atoms with Crippen LogP contribution in [0.25, 0.3) is 0 Å². The van der Waals surface area contributed by atoms with Crippen LogP contribution in [0.5, 0.6) is 0 Å². The fraction of sp³-hybridized carbons (Fsp3) is 0.650. The van der Waals surface area contributed by atoms with Gasteiger partial charge in [-0.25, -0.2) is 4.79 Å². The molecule has 2 heterocycles. The Labute approximate surface area is 150 Å². The Kier molecular flexibility index (Phi) is 5.97. The molecule has 5 nitrogen and oxygen atoms in total. The lowest BCUT2D eigenvalue weighted by Gasteiger charge is -2.38. The molecule has 2 fully saturated rings. The van der Waals surface area contributed by atoms with E-state index < -0.39 is 5.79 Å². The summed E-state index contributed by atoms with van der Waals surface area (Å²) in [6.07, 6.45) is 4.58. The molecule has 5 heteroatoms. The molecule has 2 aliphatic rings. The number of nitrogens with zero attached hydrogens (tertiary/aromatic N) is 1. The first-order valence-corrected chi connectivity index (χ1v) is 9.51. The van der Waals surface area contributed by atoms with Crippen LogP contribution in [0.2, 0.25) is 0 Å². The molecule has 0 aromatic heterocycles. The first kappa shape index (κ1) is 18.2. The highest BCUT2D eigenvalue weighted by molar-refractivity contribution is 5.74. The maximum atomic E-state index is 12.7. The smallest absolute Gasteiger partial charge is 0.317 e. The molecule has 1 N–H and O–H groups in total. The Morgan fingerprint density at radius 1 is 1.32 bits per heavy atom. The molecule has 0 radical (unpaired) electrons. The van der Waals surface area contributed by atoms with Gasteiger partial charge in [0.15, 0.2) is 5.79 Å². The number of piperidine rings is 1. The third kappa shape index (κ3) is 4.73. The Morgan fingerprint density at radius 3 is 2.64 bits per heavy atom. The molecule has 0 saturated carbocycles. The van der Waals surface area contributed by atoms with E-state index in [1.807, 2.05) is 30.0 Å². The van der Waals surface area contributed by atoms with Crippen molar-refractivity contribution in [1.82, 2.24) is 10.2 Å². The first-order valence-electron chi connectivity index (χ1n) is 9.51. The SMILES string of the molecule is CCCC(Cc1ccccc1)NC(=O)N1CCC2(CC1)OCC(C)O2. The fourth-order valence-corrected chi connectivity index (χ4v) is 3.75. The van der Waals surface area contributed by atoms with Crippen LogP contribution >= 0.6 is 0 Å². The van der Waals surface area contributed by atoms with Gasteiger partial charge in [-0.2, -0.15) is 0 Å². The van der Waals surface area contributed by atoms with Crippen LogP contribution < -0.4 is 5.32 Å². The van der Waals surface area contributed by atoms with Gasteiger partial charge in [0.2, 0.25) is 0 Å². The largest absolute Gasteiger partial charge is 0.347 e. The summed E-state index contributed by atoms with van der Waals surface area (Å²) in [6.45, 7) is 6.21. The second kappa shape index (κ2) is 8.19. The van der Waals surface area contributed by atoms with Crippen molar-refractivity contribution in [1.29, 1.82) is 0 Å². The molecule has 138 valence electrons. The Bertz CT molecular complexity index is 555. The van der Waals surface area contributed by atoms with Crippen LogP contribution in [0, 0.1) is 0 Å². The third-order valence-corrected chi connectivity index (χ3v) is 5.10. The van der Waals surface area contributed by atoms with Crippen LogP contribution in [0.4, 0.5) is 4.79 Å². The van der Waals surface area contributed by atoms with Crippen molar-refractivity contribution in [3.8, 4) is 0 Å². The number of likely N-dealkylation sites (tertiary alicyclic amines) is 1. The van der Waals surface area contributed by atoms with Gasteiger partial charge in [-0.3, -0.25) is 0 Å². The normalized spacial score (nSPS) is 23.6. The molecule has 25 heavy (non-hydrogen) atoms. The van der Waals surface area contributed by atoms with Gasteiger partial charge < -0.3 is 19.7 Å². The minimum Gasteiger partial charge on any atom is -0.347 e. The molecule has 2 amide bonds. The number of nitrogens with one attached hydrogen (secondary N) is 1. The standard InChI is InChI=1S/C20H30N2O3/c1-3-7-18(14-17-8-5-4-6-9-17)21-19(23)22-12-10-20(11-13-22)24-15-16(2)25-20/h4-6,8-9,16,18H,3,7,10-15H2,1-2H3,(H,21,23). The molecule has 3 rings (SSSR count). The number of carbonyl (C=O) groups excluding carboxylic acids is 1. The van der Waals surface area contributed by atoms with Crippen LogP contribution in [-0.2, 0) is 15.9 Å². The van der Waals surface area contributed by atoms with Crippen LogP contribution in [0.3, 0.4) is 0 Å². The Hall–Kier alpha value is -1.59. The summed E-state index contributed by atoms with van der Waals surface area (Å²) in [5.74, 6) is -0.455. The van der Waals surface area contributed by atoms with Crippen molar-refractivity contribution in [2.24, 2.45) is 0 Å². The molecular weight excluding hydrogens is 316 g/mol. The van der Waals surface area contributed by atoms with Crippen molar-refractivity contribution in [3.63, 3.8) is 0 Å². The maximum Gasteiger partial charge on any atom is 0.317 e. The van der Waals surface area contributed by atoms with Gasteiger partial charge in [0.05, 0.1) is 12.7 Å². The number of benzene rings is 1. The number of urea groups is 1. The summed E-state index contributed by atoms with van der Waals surface area (Å²) in [6, 6.07) is 10.6. The summed E-state index contributed by atoms with van der Waals surface area (Å²) >= 11 is 0. The molecule has 1 aromatic rings. The molecule has 0 bridgehead atoms. The van der Waals surface area contributed by atoms with Crippen LogP contribution in [-0.4, -0.2) is 48.6 Å². The van der Waals surface area contributed by atoms with Crippen molar-refractivity contribution in [2.75, 3.05) is 19.7 Å². The molecular formula is C20H30N2O3. The second-order valence-electron chi connectivity index (χ2n) is 7.26. The van der Waals surface area contributed by atoms with E-state index in [0.717, 1.165) is 32.1 Å². The van der Waals surface area contributed by atoms with Crippen LogP contribution in [0.15, 0.2) is 30.3 Å². The Morgan fingerprint density at radius 2 is 2.04 bits per heavy atom. The van der Waals surface area contributed by atoms with E-state index in [4.69, 9.17) is 9.47 Å². The van der Waals surface area contributed by atoms with Gasteiger partial charge >= 0.3 is 6.03 Å². The van der Waals surface area contributed by atoms with Crippen molar-refractivity contribution < 1.29 is 14.3 Å². The van der Waals surface area contributed by atoms with Crippen molar-refractivity contribution in [2.45, 2.75) is 63.9 Å². The van der Waals surface area contributed by atoms with Crippen molar-refractivity contribution >= 4 is 6.03 Å². The van der Waals surface area contributed by atoms with E-state index in [-0.39, 0.29) is 18.2 Å². The van der Waals surface area contributed by atoms with E-state index >= 15 is 0 Å². The average Bonchev–Trinajstić information content (AvgIpc) is 2.97. The average molecular weight is 346 g/mol. The third-order valence-electron chi connectivity index (χ3n) is 5.10. The van der Waals surface area contributed by atoms with Gasteiger partial charge in [-0.05, 0) is 25.3 Å². The predicted molar refractivity (Wildman–Crippen MR) is 97.4 cm³/mol. The topological polar surface area (TPSA) is 50.8 Å². The number of hydrogen-bond donors (Lipinski definition) is 1. The fourth-order valence-electron chi connectivity index (χ4n) is 3.75. The zero-order valence-corrected chi connectivity index (χ0v) is 15.4. The zero-order valence-electron chi connectivity index (χ0n) is 15.4. The molecule has 2 saturated heterocycles. The summed E-state index contributed by atoms with van der Waals surface area (Å²) in [4.78, 5) is 14.6. The summed E-state index contributed by atoms with van der Waals surface area (Å²) in [5, 5.41) is 3.23. The lowest BCUT2D eigenvalue weighted by Crippen LogP contribution is -2.52. The lowest BCUT2D eigenvalue weighted by atomic mass is 10.0. The van der Waals surface area contributed by atoms with Crippen LogP contribution in [0.1, 0.15) is 45.1 Å². The highest BCUT2D eigenvalue weighted by Gasteiger charge is 2.43. The molecule has 1 aromatic carbocycles. The Balaban J connectivity index is 1.51. The minimum absolute atomic E-state index is 0.0373. The molecule has 0 aliphatic carbocycles. The summed E-state index contributed by atoms with van der Waals surface area (Å²) < 4.78 is 11.8. The van der Waals surface area contributed by atoms with Gasteiger partial charge in [0.25, 0.3) is 0 Å². The number of rotatable bonds is 5. The van der Waals surface area contributed by atoms with Gasteiger partial charge in [-0.15, -0.1) is 0 Å². The maximum absolute atomic E-state index is 12.7. The number of amides is 2. The molecule has 1 spiro atoms. The molecule has 2 unspecified atom stereocenters. The number of carbonyl (C=O) groups is 1. The monoisotopic (exact) mass is 346 g/mol. The lowest BCUT2D eigenvalue weighted by molar-refractivity contribution is -0.189. The second-order valence-corrected chi connectivity index (χ2v) is 7.26. The summed E-state index contributed by atoms with van der Waals surface area (Å²) in [7, 11) is 0. The van der Waals surface area contributed by atoms with Gasteiger partial charge in [0.1, 0.15) is 0 Å². The van der Waals surface area contributed by atoms with E-state index in [9.17, 15) is 4.79 Å². The highest BCUT2D eigenvalue weighted by Crippen LogP contribution is 2.33. The first-order chi connectivity index (χ1) is 12.1. The summed E-state index contributed by atoms with van der Waals surface area (Å²) in [5.41, 5.74) is 1.26. The highest BCUT2D eigenvalue weighted by atomic mass is 16.7. The van der Waals surface area contributed by atoms with Gasteiger partial charge in [0, 0.05) is 32.0 Å². The number of hydrogen-bond acceptors (Lipinski definition) is 3. The van der Waals surface area contributed by atoms with E-state index in [1.165, 1.54) is 5.56 Å². The quantitative estimate of drug-likeness (QED) is 0.890. The molecule has 2 atom stereocenters. The van der Waals surface area contributed by atoms with E-state index in [0.29, 0.717) is 19.7 Å². The van der Waals surface area contributed by atoms with Crippen molar-refractivity contribution in [3.05, 3.63) is 35.9 Å². The van der Waals surface area contributed by atoms with E-state index in [1.54, 1.807) is 0 Å². The minimum atomic E-state index is -0.455. The number of ether oxygens (including phenoxy) is 2.